The van der Waals surface area contributed by atoms with Gasteiger partial charge in [0.15, 0.2) is 16.6 Å². The molecule has 3 heterocycles. The fourth-order valence-electron chi connectivity index (χ4n) is 5.30. The number of nitrogens with zero attached hydrogens (tertiary/aromatic N) is 1. The third-order valence-electron chi connectivity index (χ3n) is 9.96. The molecule has 3 unspecified atom stereocenters. The van der Waals surface area contributed by atoms with Gasteiger partial charge < -0.3 is 18.3 Å². The Morgan fingerprint density at radius 2 is 1.52 bits per heavy atom. The number of hydrogen-bond donors (Lipinski definition) is 1. The van der Waals surface area contributed by atoms with Crippen molar-refractivity contribution in [1.82, 2.24) is 9.55 Å². The van der Waals surface area contributed by atoms with Crippen molar-refractivity contribution in [2.45, 2.75) is 153 Å². The van der Waals surface area contributed by atoms with Crippen molar-refractivity contribution < 1.29 is 18.3 Å². The molecule has 0 radical (unpaired) electrons. The lowest BCUT2D eigenvalue weighted by atomic mass is 10.0. The zero-order valence-corrected chi connectivity index (χ0v) is 30.3. The van der Waals surface area contributed by atoms with E-state index in [9.17, 15) is 9.59 Å². The van der Waals surface area contributed by atoms with Crippen LogP contribution in [0.25, 0.3) is 0 Å². The molecule has 2 aliphatic rings. The second-order valence-corrected chi connectivity index (χ2v) is 31.1. The summed E-state index contributed by atoms with van der Waals surface area (Å²) in [5.41, 5.74) is -0.394. The lowest BCUT2D eigenvalue weighted by Gasteiger charge is -2.40. The van der Waals surface area contributed by atoms with Crippen molar-refractivity contribution in [3.05, 3.63) is 33.1 Å². The number of aromatic amines is 1. The number of aromatic nitrogens is 2. The Hall–Kier alpha value is -0.829. The number of nitrogens with one attached hydrogen (secondary N) is 1. The first-order valence-electron chi connectivity index (χ1n) is 15.0. The van der Waals surface area contributed by atoms with Crippen LogP contribution >= 0.6 is 0 Å². The highest BCUT2D eigenvalue weighted by Crippen LogP contribution is 2.48. The first kappa shape index (κ1) is 33.7. The fourth-order valence-corrected chi connectivity index (χ4v) is 10.0. The molecule has 2 aliphatic heterocycles. The molecule has 0 aromatic carbocycles. The van der Waals surface area contributed by atoms with Crippen LogP contribution < -0.4 is 11.2 Å². The summed E-state index contributed by atoms with van der Waals surface area (Å²) in [4.78, 5) is 26.8. The molecule has 2 saturated heterocycles. The monoisotopic (exact) mass is 612 g/mol. The normalized spacial score (nSPS) is 28.8. The van der Waals surface area contributed by atoms with Crippen LogP contribution in [0.2, 0.25) is 61.4 Å². The number of H-pyrrole nitrogens is 1. The van der Waals surface area contributed by atoms with Gasteiger partial charge in [-0.1, -0.05) is 61.2 Å². The van der Waals surface area contributed by atoms with E-state index in [1.165, 1.54) is 16.8 Å². The van der Waals surface area contributed by atoms with Crippen molar-refractivity contribution in [2.24, 2.45) is 0 Å². The Balaban J connectivity index is 1.86. The van der Waals surface area contributed by atoms with Crippen LogP contribution in [-0.2, 0) is 18.3 Å². The summed E-state index contributed by atoms with van der Waals surface area (Å²) in [5.74, 6) is 0. The molecule has 230 valence electrons. The predicted octanol–water partition coefficient (Wildman–Crippen LogP) is 6.49. The van der Waals surface area contributed by atoms with Crippen LogP contribution in [0.4, 0.5) is 0 Å². The summed E-state index contributed by atoms with van der Waals surface area (Å²) in [6, 6.07) is 1.37. The molecule has 2 fully saturated rings. The summed E-state index contributed by atoms with van der Waals surface area (Å²) in [5, 5.41) is 0.205. The maximum atomic E-state index is 12.7. The largest absolute Gasteiger partial charge is 0.417 e. The quantitative estimate of drug-likeness (QED) is 0.321. The third-order valence-corrected chi connectivity index (χ3v) is 21.8. The summed E-state index contributed by atoms with van der Waals surface area (Å²) >= 11 is 0. The molecule has 3 rings (SSSR count). The summed E-state index contributed by atoms with van der Waals surface area (Å²) in [6.45, 7) is 30.6. The van der Waals surface area contributed by atoms with E-state index in [2.05, 4.69) is 92.4 Å². The SMILES string of the molecule is CC(C)(C)[Si](C)(C)OCCC1OC([C@H]2O[C@@H](n3ccc(=O)[nH]c3=O)C[C@@H]2O[Si](C)(C)C(C)(C)C)CC1[Si](C)(C)C. The molecule has 0 bridgehead atoms. The van der Waals surface area contributed by atoms with Crippen molar-refractivity contribution in [3.63, 3.8) is 0 Å². The van der Waals surface area contributed by atoms with Gasteiger partial charge in [-0.05, 0) is 54.6 Å². The Kier molecular flexibility index (Phi) is 9.84. The van der Waals surface area contributed by atoms with Gasteiger partial charge >= 0.3 is 5.69 Å². The number of rotatable bonds is 9. The predicted molar refractivity (Wildman–Crippen MR) is 170 cm³/mol. The highest BCUT2D eigenvalue weighted by atomic mass is 28.4. The second-order valence-electron chi connectivity index (χ2n) is 16.0. The minimum Gasteiger partial charge on any atom is -0.417 e. The zero-order valence-electron chi connectivity index (χ0n) is 27.3. The van der Waals surface area contributed by atoms with Gasteiger partial charge in [-0.15, -0.1) is 0 Å². The molecule has 11 heteroatoms. The Bertz CT molecular complexity index is 1130. The van der Waals surface area contributed by atoms with Crippen molar-refractivity contribution >= 4 is 24.7 Å². The molecule has 0 aliphatic carbocycles. The molecule has 8 nitrogen and oxygen atoms in total. The smallest absolute Gasteiger partial charge is 0.330 e. The maximum Gasteiger partial charge on any atom is 0.330 e. The highest BCUT2D eigenvalue weighted by molar-refractivity contribution is 6.77. The summed E-state index contributed by atoms with van der Waals surface area (Å²) < 4.78 is 28.5. The van der Waals surface area contributed by atoms with Crippen LogP contribution in [0.3, 0.4) is 0 Å². The molecule has 0 saturated carbocycles. The van der Waals surface area contributed by atoms with Gasteiger partial charge in [0.2, 0.25) is 0 Å². The van der Waals surface area contributed by atoms with Gasteiger partial charge in [-0.3, -0.25) is 14.3 Å². The van der Waals surface area contributed by atoms with Gasteiger partial charge in [-0.2, -0.15) is 0 Å². The second kappa shape index (κ2) is 11.7. The third kappa shape index (κ3) is 7.57. The van der Waals surface area contributed by atoms with E-state index in [0.717, 1.165) is 12.8 Å². The lowest BCUT2D eigenvalue weighted by Crippen LogP contribution is -2.48. The van der Waals surface area contributed by atoms with E-state index >= 15 is 0 Å². The first-order valence-corrected chi connectivity index (χ1v) is 24.4. The average Bonchev–Trinajstić information content (AvgIpc) is 3.36. The maximum absolute atomic E-state index is 12.7. The van der Waals surface area contributed by atoms with Gasteiger partial charge in [-0.25, -0.2) is 4.79 Å². The average molecular weight is 613 g/mol. The van der Waals surface area contributed by atoms with Crippen LogP contribution in [0.5, 0.6) is 0 Å². The number of ether oxygens (including phenoxy) is 2. The van der Waals surface area contributed by atoms with E-state index in [4.69, 9.17) is 18.3 Å². The van der Waals surface area contributed by atoms with Crippen LogP contribution in [0, 0.1) is 0 Å². The van der Waals surface area contributed by atoms with Crippen LogP contribution in [-0.4, -0.2) is 65.3 Å². The molecule has 0 amide bonds. The molecule has 40 heavy (non-hydrogen) atoms. The highest BCUT2D eigenvalue weighted by Gasteiger charge is 2.52. The molecular weight excluding hydrogens is 557 g/mol. The Morgan fingerprint density at radius 1 is 0.925 bits per heavy atom. The molecule has 1 aromatic heterocycles. The van der Waals surface area contributed by atoms with Crippen LogP contribution in [0.1, 0.15) is 67.0 Å². The number of hydrogen-bond acceptors (Lipinski definition) is 6. The van der Waals surface area contributed by atoms with E-state index in [1.54, 1.807) is 0 Å². The Morgan fingerprint density at radius 3 is 2.05 bits per heavy atom. The van der Waals surface area contributed by atoms with Crippen molar-refractivity contribution in [2.75, 3.05) is 6.61 Å². The standard InChI is InChI=1S/C29H56N2O6Si3/c1-28(2,3)39(10,11)34-17-15-20-23(38(7,8)9)18-21(35-20)26-22(37-40(12,13)29(4,5)6)19-25(36-26)31-16-14-24(32)30-27(31)33/h14,16,20-23,25-26H,15,17-19H2,1-13H3,(H,30,32,33)/t20?,21?,22-,23?,25+,26+/m0/s1. The molecule has 0 spiro atoms. The minimum absolute atomic E-state index is 0.0332. The summed E-state index contributed by atoms with van der Waals surface area (Å²) in [6.07, 6.45) is 2.87. The minimum atomic E-state index is -2.13. The zero-order chi connectivity index (χ0) is 30.5. The first-order chi connectivity index (χ1) is 18.0. The Labute approximate surface area is 244 Å². The van der Waals surface area contributed by atoms with Gasteiger partial charge in [0, 0.05) is 25.3 Å². The van der Waals surface area contributed by atoms with Gasteiger partial charge in [0.1, 0.15) is 12.3 Å². The summed E-state index contributed by atoms with van der Waals surface area (Å²) in [7, 11) is -5.53. The van der Waals surface area contributed by atoms with E-state index in [0.29, 0.717) is 18.6 Å². The molecule has 6 atom stereocenters. The topological polar surface area (TPSA) is 91.8 Å². The van der Waals surface area contributed by atoms with Gasteiger partial charge in [0.25, 0.3) is 5.56 Å². The molecular formula is C29H56N2O6Si3. The lowest BCUT2D eigenvalue weighted by molar-refractivity contribution is -0.103. The van der Waals surface area contributed by atoms with E-state index in [1.807, 2.05) is 0 Å². The fraction of sp³-hybridized carbons (Fsp3) is 0.862. The van der Waals surface area contributed by atoms with Crippen molar-refractivity contribution in [3.8, 4) is 0 Å². The van der Waals surface area contributed by atoms with Crippen LogP contribution in [0.15, 0.2) is 21.9 Å². The van der Waals surface area contributed by atoms with E-state index < -0.39 is 42.2 Å². The van der Waals surface area contributed by atoms with Crippen molar-refractivity contribution in [1.29, 1.82) is 0 Å². The molecule has 1 N–H and O–H groups in total. The van der Waals surface area contributed by atoms with E-state index in [-0.39, 0.29) is 34.5 Å². The molecule has 1 aromatic rings. The van der Waals surface area contributed by atoms with Gasteiger partial charge in [0.05, 0.1) is 26.4 Å².